The van der Waals surface area contributed by atoms with Crippen molar-refractivity contribution in [2.75, 3.05) is 19.4 Å². The first kappa shape index (κ1) is 13.8. The second-order valence-electron chi connectivity index (χ2n) is 4.00. The maximum atomic E-state index is 11.7. The van der Waals surface area contributed by atoms with E-state index in [4.69, 9.17) is 10.5 Å². The summed E-state index contributed by atoms with van der Waals surface area (Å²) in [6.45, 7) is 2.45. The highest BCUT2D eigenvalue weighted by molar-refractivity contribution is 5.93. The molecule has 1 aromatic carbocycles. The molecular formula is C14H16N4O2. The molecule has 0 fully saturated rings. The van der Waals surface area contributed by atoms with Crippen molar-refractivity contribution in [2.24, 2.45) is 0 Å². The molecule has 104 valence electrons. The van der Waals surface area contributed by atoms with Gasteiger partial charge in [0, 0.05) is 12.6 Å². The third-order valence-electron chi connectivity index (χ3n) is 2.67. The van der Waals surface area contributed by atoms with Crippen LogP contribution in [0.15, 0.2) is 30.3 Å². The minimum absolute atomic E-state index is 0.0485. The van der Waals surface area contributed by atoms with Crippen molar-refractivity contribution in [2.45, 2.75) is 6.92 Å². The Morgan fingerprint density at radius 1 is 1.35 bits per heavy atom. The molecule has 1 amide bonds. The van der Waals surface area contributed by atoms with Gasteiger partial charge in [0.15, 0.2) is 0 Å². The van der Waals surface area contributed by atoms with Crippen LogP contribution in [0.3, 0.4) is 0 Å². The number of aromatic nitrogens is 2. The molecule has 0 radical (unpaired) electrons. The maximum absolute atomic E-state index is 11.7. The van der Waals surface area contributed by atoms with E-state index in [-0.39, 0.29) is 17.5 Å². The van der Waals surface area contributed by atoms with Gasteiger partial charge in [0.2, 0.25) is 5.95 Å². The van der Waals surface area contributed by atoms with E-state index < -0.39 is 0 Å². The van der Waals surface area contributed by atoms with Crippen molar-refractivity contribution in [3.05, 3.63) is 36.0 Å². The lowest BCUT2D eigenvalue weighted by Crippen LogP contribution is -2.20. The van der Waals surface area contributed by atoms with Crippen LogP contribution < -0.4 is 15.8 Å². The van der Waals surface area contributed by atoms with Crippen molar-refractivity contribution in [1.82, 2.24) is 15.3 Å². The normalized spacial score (nSPS) is 10.1. The molecular weight excluding hydrogens is 256 g/mol. The lowest BCUT2D eigenvalue weighted by Gasteiger charge is -2.10. The van der Waals surface area contributed by atoms with E-state index in [2.05, 4.69) is 15.3 Å². The maximum Gasteiger partial charge on any atom is 0.269 e. The number of ether oxygens (including phenoxy) is 1. The van der Waals surface area contributed by atoms with Gasteiger partial charge in [-0.25, -0.2) is 9.97 Å². The number of rotatable bonds is 4. The number of nitrogen functional groups attached to an aromatic ring is 1. The molecule has 2 aromatic rings. The Morgan fingerprint density at radius 3 is 2.80 bits per heavy atom. The number of hydrogen-bond acceptors (Lipinski definition) is 5. The third kappa shape index (κ3) is 2.85. The highest BCUT2D eigenvalue weighted by Crippen LogP contribution is 2.29. The number of para-hydroxylation sites is 1. The fraction of sp³-hybridized carbons (Fsp3) is 0.214. The molecule has 6 heteroatoms. The van der Waals surface area contributed by atoms with Gasteiger partial charge in [-0.1, -0.05) is 12.1 Å². The SMILES string of the molecule is CCOc1ccccc1-c1cc(C(=O)NC)nc(N)n1. The lowest BCUT2D eigenvalue weighted by atomic mass is 10.1. The Balaban J connectivity index is 2.52. The van der Waals surface area contributed by atoms with Crippen molar-refractivity contribution in [3.63, 3.8) is 0 Å². The molecule has 20 heavy (non-hydrogen) atoms. The Kier molecular flexibility index (Phi) is 4.14. The summed E-state index contributed by atoms with van der Waals surface area (Å²) >= 11 is 0. The average molecular weight is 272 g/mol. The smallest absolute Gasteiger partial charge is 0.269 e. The zero-order valence-corrected chi connectivity index (χ0v) is 11.4. The highest BCUT2D eigenvalue weighted by atomic mass is 16.5. The summed E-state index contributed by atoms with van der Waals surface area (Å²) in [5, 5.41) is 2.51. The molecule has 3 N–H and O–H groups in total. The monoisotopic (exact) mass is 272 g/mol. The van der Waals surface area contributed by atoms with E-state index in [1.54, 1.807) is 6.07 Å². The zero-order chi connectivity index (χ0) is 14.5. The summed E-state index contributed by atoms with van der Waals surface area (Å²) in [6, 6.07) is 9.04. The van der Waals surface area contributed by atoms with Gasteiger partial charge in [-0.15, -0.1) is 0 Å². The summed E-state index contributed by atoms with van der Waals surface area (Å²) in [5.41, 5.74) is 7.22. The van der Waals surface area contributed by atoms with E-state index in [0.717, 1.165) is 5.56 Å². The highest BCUT2D eigenvalue weighted by Gasteiger charge is 2.13. The molecule has 0 saturated carbocycles. The fourth-order valence-corrected chi connectivity index (χ4v) is 1.81. The van der Waals surface area contributed by atoms with Gasteiger partial charge in [0.05, 0.1) is 12.3 Å². The van der Waals surface area contributed by atoms with E-state index in [1.165, 1.54) is 7.05 Å². The first-order chi connectivity index (χ1) is 9.65. The number of hydrogen-bond donors (Lipinski definition) is 2. The van der Waals surface area contributed by atoms with Crippen LogP contribution in [0.25, 0.3) is 11.3 Å². The minimum Gasteiger partial charge on any atom is -0.493 e. The van der Waals surface area contributed by atoms with Crippen LogP contribution in [0.1, 0.15) is 17.4 Å². The number of benzene rings is 1. The zero-order valence-electron chi connectivity index (χ0n) is 11.4. The van der Waals surface area contributed by atoms with Gasteiger partial charge >= 0.3 is 0 Å². The van der Waals surface area contributed by atoms with Crippen LogP contribution in [0, 0.1) is 0 Å². The molecule has 0 saturated heterocycles. The Morgan fingerprint density at radius 2 is 2.10 bits per heavy atom. The Labute approximate surface area is 117 Å². The summed E-state index contributed by atoms with van der Waals surface area (Å²) < 4.78 is 5.56. The van der Waals surface area contributed by atoms with Gasteiger partial charge in [-0.05, 0) is 25.1 Å². The number of carbonyl (C=O) groups excluding carboxylic acids is 1. The van der Waals surface area contributed by atoms with Crippen LogP contribution in [-0.4, -0.2) is 29.5 Å². The largest absolute Gasteiger partial charge is 0.493 e. The Hall–Kier alpha value is -2.63. The molecule has 1 aromatic heterocycles. The lowest BCUT2D eigenvalue weighted by molar-refractivity contribution is 0.0958. The molecule has 6 nitrogen and oxygen atoms in total. The number of nitrogens with two attached hydrogens (primary N) is 1. The van der Waals surface area contributed by atoms with Gasteiger partial charge in [0.25, 0.3) is 5.91 Å². The number of amides is 1. The topological polar surface area (TPSA) is 90.1 Å². The van der Waals surface area contributed by atoms with Crippen molar-refractivity contribution < 1.29 is 9.53 Å². The van der Waals surface area contributed by atoms with E-state index in [0.29, 0.717) is 18.1 Å². The number of carbonyl (C=O) groups is 1. The summed E-state index contributed by atoms with van der Waals surface area (Å²) in [5.74, 6) is 0.428. The molecule has 0 bridgehead atoms. The number of nitrogens with zero attached hydrogens (tertiary/aromatic N) is 2. The first-order valence-corrected chi connectivity index (χ1v) is 6.24. The van der Waals surface area contributed by atoms with Gasteiger partial charge in [-0.3, -0.25) is 4.79 Å². The van der Waals surface area contributed by atoms with Crippen LogP contribution in [0.4, 0.5) is 5.95 Å². The molecule has 0 aliphatic carbocycles. The van der Waals surface area contributed by atoms with Gasteiger partial charge in [0.1, 0.15) is 11.4 Å². The fourth-order valence-electron chi connectivity index (χ4n) is 1.81. The summed E-state index contributed by atoms with van der Waals surface area (Å²) in [6.07, 6.45) is 0. The van der Waals surface area contributed by atoms with Crippen LogP contribution in [0.5, 0.6) is 5.75 Å². The van der Waals surface area contributed by atoms with Crippen molar-refractivity contribution in [3.8, 4) is 17.0 Å². The second-order valence-corrected chi connectivity index (χ2v) is 4.00. The molecule has 1 heterocycles. The van der Waals surface area contributed by atoms with Crippen LogP contribution in [0.2, 0.25) is 0 Å². The predicted molar refractivity (Wildman–Crippen MR) is 76.4 cm³/mol. The second kappa shape index (κ2) is 6.01. The van der Waals surface area contributed by atoms with E-state index in [1.807, 2.05) is 31.2 Å². The standard InChI is InChI=1S/C14H16N4O2/c1-3-20-12-7-5-4-6-9(12)10-8-11(13(19)16-2)18-14(15)17-10/h4-8H,3H2,1-2H3,(H,16,19)(H2,15,17,18). The van der Waals surface area contributed by atoms with Crippen molar-refractivity contribution in [1.29, 1.82) is 0 Å². The van der Waals surface area contributed by atoms with E-state index in [9.17, 15) is 4.79 Å². The van der Waals surface area contributed by atoms with E-state index >= 15 is 0 Å². The molecule has 0 aliphatic heterocycles. The molecule has 0 spiro atoms. The van der Waals surface area contributed by atoms with Crippen LogP contribution in [-0.2, 0) is 0 Å². The first-order valence-electron chi connectivity index (χ1n) is 6.24. The number of anilines is 1. The quantitative estimate of drug-likeness (QED) is 0.880. The molecule has 0 aliphatic rings. The molecule has 2 rings (SSSR count). The Bertz CT molecular complexity index is 628. The molecule has 0 atom stereocenters. The molecule has 0 unspecified atom stereocenters. The van der Waals surface area contributed by atoms with Crippen molar-refractivity contribution >= 4 is 11.9 Å². The van der Waals surface area contributed by atoms with Gasteiger partial charge in [-0.2, -0.15) is 0 Å². The summed E-state index contributed by atoms with van der Waals surface area (Å²) in [4.78, 5) is 19.8. The average Bonchev–Trinajstić information content (AvgIpc) is 2.46. The third-order valence-corrected chi connectivity index (χ3v) is 2.67. The summed E-state index contributed by atoms with van der Waals surface area (Å²) in [7, 11) is 1.54. The minimum atomic E-state index is -0.311. The number of nitrogens with one attached hydrogen (secondary N) is 1. The predicted octanol–water partition coefficient (Wildman–Crippen LogP) is 1.48. The van der Waals surface area contributed by atoms with Crippen LogP contribution >= 0.6 is 0 Å². The van der Waals surface area contributed by atoms with Gasteiger partial charge < -0.3 is 15.8 Å².